The van der Waals surface area contributed by atoms with Crippen molar-refractivity contribution < 1.29 is 4.79 Å². The Kier molecular flexibility index (Phi) is 5.18. The number of rotatable bonds is 5. The standard InChI is InChI=1S/C18H16N4OS/c1-24-16-5-2-13(3-6-16)8-22-18(23)14-4-7-17(21-11-14)15-9-19-12-20-10-15/h2-7,9-12H,8H2,1H3,(H,22,23). The fourth-order valence-corrected chi connectivity index (χ4v) is 2.57. The lowest BCUT2D eigenvalue weighted by Gasteiger charge is -2.07. The lowest BCUT2D eigenvalue weighted by atomic mass is 10.2. The lowest BCUT2D eigenvalue weighted by molar-refractivity contribution is 0.0950. The molecule has 1 N–H and O–H groups in total. The molecule has 0 aliphatic heterocycles. The molecule has 2 aromatic heterocycles. The van der Waals surface area contributed by atoms with E-state index in [2.05, 4.69) is 20.3 Å². The van der Waals surface area contributed by atoms with Crippen LogP contribution in [0.2, 0.25) is 0 Å². The van der Waals surface area contributed by atoms with E-state index >= 15 is 0 Å². The van der Waals surface area contributed by atoms with E-state index in [0.29, 0.717) is 12.1 Å². The molecule has 120 valence electrons. The summed E-state index contributed by atoms with van der Waals surface area (Å²) < 4.78 is 0. The van der Waals surface area contributed by atoms with Gasteiger partial charge in [-0.2, -0.15) is 0 Å². The monoisotopic (exact) mass is 336 g/mol. The van der Waals surface area contributed by atoms with Crippen molar-refractivity contribution in [2.75, 3.05) is 6.26 Å². The maximum atomic E-state index is 12.2. The molecule has 3 rings (SSSR count). The van der Waals surface area contributed by atoms with Crippen molar-refractivity contribution in [3.63, 3.8) is 0 Å². The van der Waals surface area contributed by atoms with Gasteiger partial charge in [0.15, 0.2) is 0 Å². The predicted molar refractivity (Wildman–Crippen MR) is 94.7 cm³/mol. The fourth-order valence-electron chi connectivity index (χ4n) is 2.16. The third-order valence-corrected chi connectivity index (χ3v) is 4.24. The van der Waals surface area contributed by atoms with Crippen molar-refractivity contribution in [3.05, 3.63) is 72.4 Å². The van der Waals surface area contributed by atoms with Crippen LogP contribution in [0.3, 0.4) is 0 Å². The van der Waals surface area contributed by atoms with Crippen LogP contribution in [0.25, 0.3) is 11.3 Å². The summed E-state index contributed by atoms with van der Waals surface area (Å²) in [5.74, 6) is -0.146. The molecule has 1 amide bonds. The van der Waals surface area contributed by atoms with Gasteiger partial charge in [0.25, 0.3) is 5.91 Å². The second-order valence-electron chi connectivity index (χ2n) is 5.09. The molecule has 3 aromatic rings. The highest BCUT2D eigenvalue weighted by atomic mass is 32.2. The second kappa shape index (κ2) is 7.70. The highest BCUT2D eigenvalue weighted by Gasteiger charge is 2.07. The van der Waals surface area contributed by atoms with Crippen LogP contribution in [0.1, 0.15) is 15.9 Å². The van der Waals surface area contributed by atoms with Crippen LogP contribution >= 0.6 is 11.8 Å². The van der Waals surface area contributed by atoms with Gasteiger partial charge >= 0.3 is 0 Å². The van der Waals surface area contributed by atoms with E-state index in [9.17, 15) is 4.79 Å². The Morgan fingerprint density at radius 1 is 1.04 bits per heavy atom. The highest BCUT2D eigenvalue weighted by molar-refractivity contribution is 7.98. The van der Waals surface area contributed by atoms with Crippen LogP contribution in [0.15, 0.2) is 66.2 Å². The molecule has 0 atom stereocenters. The summed E-state index contributed by atoms with van der Waals surface area (Å²) >= 11 is 1.69. The summed E-state index contributed by atoms with van der Waals surface area (Å²) in [7, 11) is 0. The molecule has 0 unspecified atom stereocenters. The van der Waals surface area contributed by atoms with Gasteiger partial charge in [0.1, 0.15) is 6.33 Å². The van der Waals surface area contributed by atoms with E-state index < -0.39 is 0 Å². The molecule has 0 aliphatic carbocycles. The first-order chi connectivity index (χ1) is 11.8. The molecule has 6 heteroatoms. The molecule has 0 radical (unpaired) electrons. The molecule has 1 aromatic carbocycles. The number of thioether (sulfide) groups is 1. The van der Waals surface area contributed by atoms with Crippen LogP contribution in [0.4, 0.5) is 0 Å². The van der Waals surface area contributed by atoms with Crippen molar-refractivity contribution in [2.45, 2.75) is 11.4 Å². The summed E-state index contributed by atoms with van der Waals surface area (Å²) in [4.78, 5) is 25.6. The molecule has 24 heavy (non-hydrogen) atoms. The molecule has 0 spiro atoms. The third kappa shape index (κ3) is 3.97. The number of amides is 1. The minimum absolute atomic E-state index is 0.146. The van der Waals surface area contributed by atoms with Crippen LogP contribution in [-0.2, 0) is 6.54 Å². The van der Waals surface area contributed by atoms with Crippen molar-refractivity contribution in [1.82, 2.24) is 20.3 Å². The number of hydrogen-bond acceptors (Lipinski definition) is 5. The van der Waals surface area contributed by atoms with Gasteiger partial charge in [-0.05, 0) is 36.1 Å². The minimum Gasteiger partial charge on any atom is -0.348 e. The Bertz CT molecular complexity index is 805. The zero-order valence-electron chi connectivity index (χ0n) is 13.1. The van der Waals surface area contributed by atoms with E-state index in [0.717, 1.165) is 16.8 Å². The van der Waals surface area contributed by atoms with E-state index in [1.165, 1.54) is 11.2 Å². The average molecular weight is 336 g/mol. The van der Waals surface area contributed by atoms with Gasteiger partial charge in [-0.15, -0.1) is 11.8 Å². The smallest absolute Gasteiger partial charge is 0.253 e. The minimum atomic E-state index is -0.146. The first-order valence-corrected chi connectivity index (χ1v) is 8.61. The van der Waals surface area contributed by atoms with Crippen LogP contribution in [0, 0.1) is 0 Å². The first kappa shape index (κ1) is 16.1. The molecule has 0 saturated heterocycles. The van der Waals surface area contributed by atoms with Crippen LogP contribution in [0.5, 0.6) is 0 Å². The number of nitrogens with zero attached hydrogens (tertiary/aromatic N) is 3. The SMILES string of the molecule is CSc1ccc(CNC(=O)c2ccc(-c3cncnc3)nc2)cc1. The summed E-state index contributed by atoms with van der Waals surface area (Å²) in [6.45, 7) is 0.488. The number of hydrogen-bond donors (Lipinski definition) is 1. The second-order valence-corrected chi connectivity index (χ2v) is 5.97. The maximum absolute atomic E-state index is 12.2. The molecule has 0 bridgehead atoms. The molecule has 0 saturated carbocycles. The summed E-state index contributed by atoms with van der Waals surface area (Å²) in [5.41, 5.74) is 3.14. The zero-order chi connectivity index (χ0) is 16.8. The van der Waals surface area contributed by atoms with Gasteiger partial charge in [0, 0.05) is 35.6 Å². The number of nitrogens with one attached hydrogen (secondary N) is 1. The topological polar surface area (TPSA) is 67.8 Å². The van der Waals surface area contributed by atoms with Crippen molar-refractivity contribution >= 4 is 17.7 Å². The number of carbonyl (C=O) groups excluding carboxylic acids is 1. The van der Waals surface area contributed by atoms with Gasteiger partial charge in [-0.25, -0.2) is 9.97 Å². The summed E-state index contributed by atoms with van der Waals surface area (Å²) in [5, 5.41) is 2.90. The fraction of sp³-hybridized carbons (Fsp3) is 0.111. The molecule has 0 aliphatic rings. The lowest BCUT2D eigenvalue weighted by Crippen LogP contribution is -2.22. The van der Waals surface area contributed by atoms with Gasteiger partial charge in [-0.3, -0.25) is 9.78 Å². The van der Waals surface area contributed by atoms with E-state index in [-0.39, 0.29) is 5.91 Å². The Hall–Kier alpha value is -2.73. The van der Waals surface area contributed by atoms with Crippen molar-refractivity contribution in [2.24, 2.45) is 0 Å². The van der Waals surface area contributed by atoms with Crippen molar-refractivity contribution in [3.8, 4) is 11.3 Å². The normalized spacial score (nSPS) is 10.4. The first-order valence-electron chi connectivity index (χ1n) is 7.39. The molecular formula is C18H16N4OS. The highest BCUT2D eigenvalue weighted by Crippen LogP contribution is 2.16. The average Bonchev–Trinajstić information content (AvgIpc) is 2.67. The van der Waals surface area contributed by atoms with E-state index in [4.69, 9.17) is 0 Å². The van der Waals surface area contributed by atoms with Gasteiger partial charge in [0.05, 0.1) is 11.3 Å². The van der Waals surface area contributed by atoms with Gasteiger partial charge < -0.3 is 5.32 Å². The van der Waals surface area contributed by atoms with E-state index in [1.807, 2.05) is 30.5 Å². The quantitative estimate of drug-likeness (QED) is 0.725. The molecule has 5 nitrogen and oxygen atoms in total. The number of aromatic nitrogens is 3. The predicted octanol–water partition coefficient (Wildman–Crippen LogP) is 3.19. The molecule has 0 fully saturated rings. The van der Waals surface area contributed by atoms with Crippen LogP contribution in [-0.4, -0.2) is 27.1 Å². The molecular weight excluding hydrogens is 320 g/mol. The van der Waals surface area contributed by atoms with Gasteiger partial charge in [-0.1, -0.05) is 12.1 Å². The number of carbonyl (C=O) groups is 1. The molecule has 2 heterocycles. The number of benzene rings is 1. The van der Waals surface area contributed by atoms with E-state index in [1.54, 1.807) is 42.5 Å². The maximum Gasteiger partial charge on any atom is 0.253 e. The zero-order valence-corrected chi connectivity index (χ0v) is 14.0. The largest absolute Gasteiger partial charge is 0.348 e. The van der Waals surface area contributed by atoms with Gasteiger partial charge in [0.2, 0.25) is 0 Å². The van der Waals surface area contributed by atoms with Crippen molar-refractivity contribution in [1.29, 1.82) is 0 Å². The number of pyridine rings is 1. The Morgan fingerprint density at radius 3 is 2.42 bits per heavy atom. The Labute approximate surface area is 144 Å². The Morgan fingerprint density at radius 2 is 1.79 bits per heavy atom. The Balaban J connectivity index is 1.62. The van der Waals surface area contributed by atoms with Crippen LogP contribution < -0.4 is 5.32 Å². The third-order valence-electron chi connectivity index (χ3n) is 3.49. The summed E-state index contributed by atoms with van der Waals surface area (Å²) in [6, 6.07) is 11.7. The summed E-state index contributed by atoms with van der Waals surface area (Å²) in [6.07, 6.45) is 8.45.